The van der Waals surface area contributed by atoms with Crippen LogP contribution in [-0.4, -0.2) is 27.0 Å². The molecule has 0 aromatic heterocycles. The van der Waals surface area contributed by atoms with Crippen LogP contribution in [0.3, 0.4) is 0 Å². The molecule has 18 heavy (non-hydrogen) atoms. The van der Waals surface area contributed by atoms with Crippen molar-refractivity contribution in [3.05, 3.63) is 22.2 Å². The van der Waals surface area contributed by atoms with E-state index in [9.17, 15) is 8.42 Å². The normalized spacial score (nSPS) is 11.7. The predicted molar refractivity (Wildman–Crippen MR) is 81.5 cm³/mol. The third kappa shape index (κ3) is 4.15. The minimum atomic E-state index is -3.47. The van der Waals surface area contributed by atoms with Gasteiger partial charge in [-0.05, 0) is 59.0 Å². The van der Waals surface area contributed by atoms with Gasteiger partial charge in [-0.15, -0.1) is 0 Å². The second-order valence-corrected chi connectivity index (χ2v) is 7.46. The Labute approximate surface area is 121 Å². The number of nitrogens with two attached hydrogens (primary N) is 1. The van der Waals surface area contributed by atoms with Crippen molar-refractivity contribution < 1.29 is 8.42 Å². The summed E-state index contributed by atoms with van der Waals surface area (Å²) in [5.41, 5.74) is 6.82. The minimum absolute atomic E-state index is 0.243. The molecule has 1 aromatic carbocycles. The first-order valence-corrected chi connectivity index (χ1v) is 9.09. The first-order chi connectivity index (χ1) is 8.38. The molecule has 0 aliphatic carbocycles. The number of hydrogen-bond donors (Lipinski definition) is 2. The second-order valence-electron chi connectivity index (χ2n) is 3.88. The Balaban J connectivity index is 2.88. The molecule has 0 saturated heterocycles. The van der Waals surface area contributed by atoms with Gasteiger partial charge in [0.2, 0.25) is 10.0 Å². The van der Waals surface area contributed by atoms with Crippen LogP contribution in [0.25, 0.3) is 0 Å². The van der Waals surface area contributed by atoms with Gasteiger partial charge in [0, 0.05) is 16.7 Å². The molecule has 0 fully saturated rings. The first kappa shape index (κ1) is 15.8. The van der Waals surface area contributed by atoms with Gasteiger partial charge >= 0.3 is 0 Å². The fraction of sp³-hybridized carbons (Fsp3) is 0.455. The molecule has 102 valence electrons. The molecule has 3 N–H and O–H groups in total. The second kappa shape index (κ2) is 6.79. The van der Waals surface area contributed by atoms with E-state index in [0.717, 1.165) is 12.2 Å². The highest BCUT2D eigenvalue weighted by molar-refractivity contribution is 9.10. The van der Waals surface area contributed by atoms with Crippen molar-refractivity contribution >= 4 is 43.4 Å². The molecule has 4 nitrogen and oxygen atoms in total. The summed E-state index contributed by atoms with van der Waals surface area (Å²) in [6.07, 6.45) is 2.81. The Morgan fingerprint density at radius 1 is 1.44 bits per heavy atom. The van der Waals surface area contributed by atoms with Crippen molar-refractivity contribution in [3.8, 4) is 0 Å². The molecule has 0 amide bonds. The van der Waals surface area contributed by atoms with E-state index in [1.165, 1.54) is 6.07 Å². The van der Waals surface area contributed by atoms with E-state index in [1.807, 2.05) is 6.26 Å². The highest BCUT2D eigenvalue weighted by Crippen LogP contribution is 2.26. The maximum Gasteiger partial charge on any atom is 0.240 e. The number of benzene rings is 1. The number of halogens is 1. The van der Waals surface area contributed by atoms with Crippen LogP contribution in [0.15, 0.2) is 21.5 Å². The smallest absolute Gasteiger partial charge is 0.240 e. The van der Waals surface area contributed by atoms with Crippen LogP contribution in [-0.2, 0) is 10.0 Å². The van der Waals surface area contributed by atoms with Gasteiger partial charge in [-0.25, -0.2) is 13.1 Å². The van der Waals surface area contributed by atoms with E-state index in [0.29, 0.717) is 22.3 Å². The van der Waals surface area contributed by atoms with Crippen LogP contribution in [0.2, 0.25) is 0 Å². The molecule has 0 bridgehead atoms. The molecule has 7 heteroatoms. The summed E-state index contributed by atoms with van der Waals surface area (Å²) >= 11 is 4.97. The minimum Gasteiger partial charge on any atom is -0.398 e. The zero-order valence-corrected chi connectivity index (χ0v) is 13.6. The molecule has 1 rings (SSSR count). The van der Waals surface area contributed by atoms with Crippen LogP contribution >= 0.6 is 27.7 Å². The van der Waals surface area contributed by atoms with E-state index < -0.39 is 10.0 Å². The fourth-order valence-electron chi connectivity index (χ4n) is 1.46. The zero-order chi connectivity index (χ0) is 13.8. The predicted octanol–water partition coefficient (Wildman–Crippen LogP) is 2.37. The molecule has 0 radical (unpaired) electrons. The third-order valence-electron chi connectivity index (χ3n) is 2.40. The lowest BCUT2D eigenvalue weighted by molar-refractivity contribution is 0.580. The third-order valence-corrected chi connectivity index (χ3v) is 5.39. The number of nitrogen functional groups attached to an aromatic ring is 1. The Morgan fingerprint density at radius 3 is 2.72 bits per heavy atom. The van der Waals surface area contributed by atoms with E-state index >= 15 is 0 Å². The summed E-state index contributed by atoms with van der Waals surface area (Å²) in [7, 11) is -3.47. The van der Waals surface area contributed by atoms with Crippen molar-refractivity contribution in [2.45, 2.75) is 18.2 Å². The lowest BCUT2D eigenvalue weighted by Crippen LogP contribution is -2.26. The van der Waals surface area contributed by atoms with Crippen LogP contribution in [0.1, 0.15) is 12.0 Å². The maximum absolute atomic E-state index is 12.1. The van der Waals surface area contributed by atoms with Gasteiger partial charge in [-0.3, -0.25) is 0 Å². The molecule has 0 spiro atoms. The topological polar surface area (TPSA) is 72.2 Å². The molecule has 0 aliphatic heterocycles. The zero-order valence-electron chi connectivity index (χ0n) is 10.4. The van der Waals surface area contributed by atoms with Crippen molar-refractivity contribution in [2.24, 2.45) is 0 Å². The van der Waals surface area contributed by atoms with Crippen molar-refractivity contribution in [1.82, 2.24) is 4.72 Å². The summed E-state index contributed by atoms with van der Waals surface area (Å²) in [5, 5.41) is 0. The highest BCUT2D eigenvalue weighted by Gasteiger charge is 2.17. The van der Waals surface area contributed by atoms with Crippen molar-refractivity contribution in [3.63, 3.8) is 0 Å². The lowest BCUT2D eigenvalue weighted by atomic mass is 10.2. The van der Waals surface area contributed by atoms with Crippen LogP contribution in [0, 0.1) is 6.92 Å². The van der Waals surface area contributed by atoms with Gasteiger partial charge in [0.1, 0.15) is 0 Å². The average molecular weight is 353 g/mol. The Hall–Kier alpha value is -0.240. The summed E-state index contributed by atoms with van der Waals surface area (Å²) in [4.78, 5) is 0.243. The molecule has 0 aliphatic rings. The largest absolute Gasteiger partial charge is 0.398 e. The molecular formula is C11H17BrN2O2S2. The standard InChI is InChI=1S/C11H17BrN2O2S2/c1-8-6-9(12)10(13)7-11(8)18(15,16)14-4-3-5-17-2/h6-7,14H,3-5,13H2,1-2H3. The van der Waals surface area contributed by atoms with Gasteiger partial charge in [0.15, 0.2) is 0 Å². The van der Waals surface area contributed by atoms with Crippen molar-refractivity contribution in [2.75, 3.05) is 24.3 Å². The Bertz CT molecular complexity index is 518. The number of nitrogens with one attached hydrogen (secondary N) is 1. The number of anilines is 1. The van der Waals surface area contributed by atoms with E-state index in [4.69, 9.17) is 5.73 Å². The van der Waals surface area contributed by atoms with E-state index in [2.05, 4.69) is 20.7 Å². The number of aryl methyl sites for hydroxylation is 1. The lowest BCUT2D eigenvalue weighted by Gasteiger charge is -2.11. The van der Waals surface area contributed by atoms with Crippen LogP contribution in [0.4, 0.5) is 5.69 Å². The molecule has 0 unspecified atom stereocenters. The van der Waals surface area contributed by atoms with Crippen LogP contribution < -0.4 is 10.5 Å². The number of rotatable bonds is 6. The van der Waals surface area contributed by atoms with E-state index in [-0.39, 0.29) is 4.90 Å². The highest BCUT2D eigenvalue weighted by atomic mass is 79.9. The monoisotopic (exact) mass is 352 g/mol. The molecular weight excluding hydrogens is 336 g/mol. The summed E-state index contributed by atoms with van der Waals surface area (Å²) in [6, 6.07) is 3.20. The number of hydrogen-bond acceptors (Lipinski definition) is 4. The molecule has 0 heterocycles. The first-order valence-electron chi connectivity index (χ1n) is 5.42. The average Bonchev–Trinajstić information content (AvgIpc) is 2.29. The van der Waals surface area contributed by atoms with Gasteiger partial charge in [-0.2, -0.15) is 11.8 Å². The summed E-state index contributed by atoms with van der Waals surface area (Å²) in [6.45, 7) is 2.19. The van der Waals surface area contributed by atoms with E-state index in [1.54, 1.807) is 24.8 Å². The van der Waals surface area contributed by atoms with Gasteiger partial charge in [0.25, 0.3) is 0 Å². The van der Waals surface area contributed by atoms with Crippen molar-refractivity contribution in [1.29, 1.82) is 0 Å². The Kier molecular flexibility index (Phi) is 5.97. The SMILES string of the molecule is CSCCCNS(=O)(=O)c1cc(N)c(Br)cc1C. The fourth-order valence-corrected chi connectivity index (χ4v) is 3.68. The maximum atomic E-state index is 12.1. The Morgan fingerprint density at radius 2 is 2.11 bits per heavy atom. The van der Waals surface area contributed by atoms with Gasteiger partial charge < -0.3 is 5.73 Å². The molecule has 0 saturated carbocycles. The van der Waals surface area contributed by atoms with Crippen LogP contribution in [0.5, 0.6) is 0 Å². The van der Waals surface area contributed by atoms with Gasteiger partial charge in [0.05, 0.1) is 4.90 Å². The number of thioether (sulfide) groups is 1. The molecule has 0 atom stereocenters. The summed E-state index contributed by atoms with van der Waals surface area (Å²) < 4.78 is 27.5. The molecule has 1 aromatic rings. The quantitative estimate of drug-likeness (QED) is 0.608. The number of sulfonamides is 1. The van der Waals surface area contributed by atoms with Gasteiger partial charge in [-0.1, -0.05) is 0 Å². The summed E-state index contributed by atoms with van der Waals surface area (Å²) in [5.74, 6) is 0.935.